The van der Waals surface area contributed by atoms with Gasteiger partial charge >= 0.3 is 0 Å². The average Bonchev–Trinajstić information content (AvgIpc) is 2.44. The van der Waals surface area contributed by atoms with Crippen molar-refractivity contribution < 1.29 is 14.3 Å². The fourth-order valence-electron chi connectivity index (χ4n) is 1.59. The van der Waals surface area contributed by atoms with Crippen LogP contribution in [0.4, 0.5) is 0 Å². The molecule has 0 aliphatic carbocycles. The fourth-order valence-corrected chi connectivity index (χ4v) is 1.86. The van der Waals surface area contributed by atoms with Crippen LogP contribution in [-0.4, -0.2) is 32.2 Å². The number of carbonyl (C=O) groups is 1. The van der Waals surface area contributed by atoms with Crippen molar-refractivity contribution in [3.63, 3.8) is 0 Å². The molecule has 1 rings (SSSR count). The first-order valence-corrected chi connectivity index (χ1v) is 7.09. The number of carbonyl (C=O) groups excluding carboxylic acids is 1. The van der Waals surface area contributed by atoms with Crippen LogP contribution in [-0.2, 0) is 0 Å². The van der Waals surface area contributed by atoms with Gasteiger partial charge in [-0.25, -0.2) is 0 Å². The fraction of sp³-hybridized carbons (Fsp3) is 0.500. The van der Waals surface area contributed by atoms with Crippen LogP contribution in [0.3, 0.4) is 0 Å². The van der Waals surface area contributed by atoms with Gasteiger partial charge in [0.25, 0.3) is 5.91 Å². The second-order valence-corrected chi connectivity index (χ2v) is 4.52. The lowest BCUT2D eigenvalue weighted by Crippen LogP contribution is -2.29. The monoisotopic (exact) mass is 300 g/mol. The van der Waals surface area contributed by atoms with Gasteiger partial charge in [-0.05, 0) is 25.5 Å². The van der Waals surface area contributed by atoms with Gasteiger partial charge in [0.1, 0.15) is 0 Å². The molecule has 112 valence electrons. The minimum Gasteiger partial charge on any atom is -0.490 e. The number of ether oxygens (including phenoxy) is 2. The van der Waals surface area contributed by atoms with E-state index in [9.17, 15) is 4.79 Å². The topological polar surface area (TPSA) is 73.6 Å². The lowest BCUT2D eigenvalue weighted by molar-refractivity contribution is 0.0954. The quantitative estimate of drug-likeness (QED) is 0.772. The Kier molecular flexibility index (Phi) is 7.18. The average molecular weight is 301 g/mol. The minimum absolute atomic E-state index is 0.236. The van der Waals surface area contributed by atoms with Crippen molar-refractivity contribution in [3.05, 3.63) is 22.7 Å². The highest BCUT2D eigenvalue weighted by molar-refractivity contribution is 6.32. The molecule has 0 heterocycles. The minimum atomic E-state index is -0.236. The summed E-state index contributed by atoms with van der Waals surface area (Å²) < 4.78 is 11.1. The maximum atomic E-state index is 11.9. The number of amides is 1. The molecule has 20 heavy (non-hydrogen) atoms. The largest absolute Gasteiger partial charge is 0.490 e. The molecule has 5 nitrogen and oxygen atoms in total. The summed E-state index contributed by atoms with van der Waals surface area (Å²) in [5.41, 5.74) is 5.78. The number of benzene rings is 1. The molecular weight excluding hydrogens is 280 g/mol. The number of rotatable bonds is 8. The van der Waals surface area contributed by atoms with E-state index in [4.69, 9.17) is 26.8 Å². The lowest BCUT2D eigenvalue weighted by Gasteiger charge is -2.14. The van der Waals surface area contributed by atoms with E-state index in [1.165, 1.54) is 0 Å². The zero-order valence-electron chi connectivity index (χ0n) is 11.9. The van der Waals surface area contributed by atoms with Gasteiger partial charge in [0, 0.05) is 18.7 Å². The molecule has 6 heteroatoms. The summed E-state index contributed by atoms with van der Waals surface area (Å²) in [6, 6.07) is 3.20. The molecule has 1 aromatic carbocycles. The van der Waals surface area contributed by atoms with Gasteiger partial charge in [-0.15, -0.1) is 0 Å². The number of nitrogens with one attached hydrogen (secondary N) is 1. The lowest BCUT2D eigenvalue weighted by atomic mass is 10.2. The van der Waals surface area contributed by atoms with Crippen LogP contribution in [0.2, 0.25) is 5.02 Å². The van der Waals surface area contributed by atoms with E-state index < -0.39 is 0 Å². The van der Waals surface area contributed by atoms with Crippen LogP contribution in [0.25, 0.3) is 0 Å². The smallest absolute Gasteiger partial charge is 0.251 e. The van der Waals surface area contributed by atoms with Gasteiger partial charge in [-0.3, -0.25) is 4.79 Å². The van der Waals surface area contributed by atoms with Crippen LogP contribution >= 0.6 is 11.6 Å². The van der Waals surface area contributed by atoms with Crippen molar-refractivity contribution in [2.24, 2.45) is 5.73 Å². The van der Waals surface area contributed by atoms with Gasteiger partial charge in [0.2, 0.25) is 0 Å². The Labute approximate surface area is 124 Å². The summed E-state index contributed by atoms with van der Waals surface area (Å²) in [5, 5.41) is 3.05. The van der Waals surface area contributed by atoms with Gasteiger partial charge < -0.3 is 20.5 Å². The molecule has 0 bridgehead atoms. The van der Waals surface area contributed by atoms with E-state index in [-0.39, 0.29) is 5.91 Å². The SMILES string of the molecule is CCCOc1c(Cl)cc(C(=O)NCCN)cc1OCC. The zero-order valence-corrected chi connectivity index (χ0v) is 12.6. The standard InChI is InChI=1S/C14H21ClN2O3/c1-3-7-20-13-11(15)8-10(9-12(13)19-4-2)14(18)17-6-5-16/h8-9H,3-7,16H2,1-2H3,(H,17,18). The van der Waals surface area contributed by atoms with Gasteiger partial charge in [-0.1, -0.05) is 18.5 Å². The van der Waals surface area contributed by atoms with Gasteiger partial charge in [0.15, 0.2) is 11.5 Å². The first-order chi connectivity index (χ1) is 9.63. The second kappa shape index (κ2) is 8.66. The predicted octanol–water partition coefficient (Wildman–Crippen LogP) is 2.22. The Hall–Kier alpha value is -1.46. The molecule has 0 atom stereocenters. The summed E-state index contributed by atoms with van der Waals surface area (Å²) in [5.74, 6) is 0.720. The molecule has 0 saturated carbocycles. The highest BCUT2D eigenvalue weighted by Crippen LogP contribution is 2.36. The summed E-state index contributed by atoms with van der Waals surface area (Å²) in [7, 11) is 0. The van der Waals surface area contributed by atoms with E-state index >= 15 is 0 Å². The van der Waals surface area contributed by atoms with Crippen LogP contribution in [0, 0.1) is 0 Å². The molecule has 0 spiro atoms. The number of hydrogen-bond donors (Lipinski definition) is 2. The summed E-state index contributed by atoms with van der Waals surface area (Å²) in [6.07, 6.45) is 0.862. The van der Waals surface area contributed by atoms with E-state index in [0.29, 0.717) is 48.4 Å². The van der Waals surface area contributed by atoms with E-state index in [1.807, 2.05) is 13.8 Å². The molecule has 0 aliphatic rings. The molecule has 1 aromatic rings. The molecular formula is C14H21ClN2O3. The van der Waals surface area contributed by atoms with Crippen molar-refractivity contribution in [1.82, 2.24) is 5.32 Å². The first-order valence-electron chi connectivity index (χ1n) is 6.71. The predicted molar refractivity (Wildman–Crippen MR) is 79.8 cm³/mol. The third-order valence-corrected chi connectivity index (χ3v) is 2.73. The number of hydrogen-bond acceptors (Lipinski definition) is 4. The van der Waals surface area contributed by atoms with Crippen molar-refractivity contribution in [1.29, 1.82) is 0 Å². The summed E-state index contributed by atoms with van der Waals surface area (Å²) in [4.78, 5) is 11.9. The maximum Gasteiger partial charge on any atom is 0.251 e. The molecule has 0 fully saturated rings. The van der Waals surface area contributed by atoms with Crippen LogP contribution in [0.15, 0.2) is 12.1 Å². The molecule has 0 aliphatic heterocycles. The Morgan fingerprint density at radius 1 is 1.35 bits per heavy atom. The molecule has 3 N–H and O–H groups in total. The first kappa shape index (κ1) is 16.6. The molecule has 0 aromatic heterocycles. The van der Waals surface area contributed by atoms with Gasteiger partial charge in [-0.2, -0.15) is 0 Å². The van der Waals surface area contributed by atoms with E-state index in [0.717, 1.165) is 6.42 Å². The molecule has 1 amide bonds. The molecule has 0 radical (unpaired) electrons. The molecule has 0 saturated heterocycles. The summed E-state index contributed by atoms with van der Waals surface area (Å²) >= 11 is 6.17. The third-order valence-electron chi connectivity index (χ3n) is 2.45. The Bertz CT molecular complexity index is 452. The van der Waals surface area contributed by atoms with Crippen molar-refractivity contribution in [3.8, 4) is 11.5 Å². The van der Waals surface area contributed by atoms with Crippen LogP contribution in [0.5, 0.6) is 11.5 Å². The Balaban J connectivity index is 3.02. The second-order valence-electron chi connectivity index (χ2n) is 4.11. The van der Waals surface area contributed by atoms with Crippen molar-refractivity contribution in [2.45, 2.75) is 20.3 Å². The summed E-state index contributed by atoms with van der Waals surface area (Å²) in [6.45, 7) is 5.66. The Morgan fingerprint density at radius 3 is 2.70 bits per heavy atom. The highest BCUT2D eigenvalue weighted by Gasteiger charge is 2.15. The van der Waals surface area contributed by atoms with E-state index in [2.05, 4.69) is 5.32 Å². The van der Waals surface area contributed by atoms with E-state index in [1.54, 1.807) is 12.1 Å². The van der Waals surface area contributed by atoms with Crippen molar-refractivity contribution in [2.75, 3.05) is 26.3 Å². The van der Waals surface area contributed by atoms with Crippen LogP contribution in [0.1, 0.15) is 30.6 Å². The Morgan fingerprint density at radius 2 is 2.10 bits per heavy atom. The third kappa shape index (κ3) is 4.58. The van der Waals surface area contributed by atoms with Crippen LogP contribution < -0.4 is 20.5 Å². The van der Waals surface area contributed by atoms with Crippen molar-refractivity contribution >= 4 is 17.5 Å². The number of nitrogens with two attached hydrogens (primary N) is 1. The normalized spacial score (nSPS) is 10.2. The van der Waals surface area contributed by atoms with Gasteiger partial charge in [0.05, 0.1) is 18.2 Å². The number of halogens is 1. The molecule has 0 unspecified atom stereocenters. The zero-order chi connectivity index (χ0) is 15.0. The maximum absolute atomic E-state index is 11.9. The highest BCUT2D eigenvalue weighted by atomic mass is 35.5.